The van der Waals surface area contributed by atoms with E-state index in [4.69, 9.17) is 0 Å². The van der Waals surface area contributed by atoms with Gasteiger partial charge in [0.25, 0.3) is 5.91 Å². The van der Waals surface area contributed by atoms with Crippen molar-refractivity contribution in [2.75, 3.05) is 19.4 Å². The fourth-order valence-electron chi connectivity index (χ4n) is 1.88. The Kier molecular flexibility index (Phi) is 5.30. The molecule has 3 amide bonds. The highest BCUT2D eigenvalue weighted by Crippen LogP contribution is 2.11. The third kappa shape index (κ3) is 4.81. The van der Waals surface area contributed by atoms with Gasteiger partial charge in [-0.25, -0.2) is 4.79 Å². The van der Waals surface area contributed by atoms with Crippen LogP contribution in [0.4, 0.5) is 10.5 Å². The molecule has 0 aliphatic rings. The fraction of sp³-hybridized carbons (Fsp3) is 0.235. The van der Waals surface area contributed by atoms with E-state index in [1.54, 1.807) is 32.4 Å². The van der Waals surface area contributed by atoms with E-state index in [1.807, 2.05) is 31.2 Å². The Morgan fingerprint density at radius 1 is 1.13 bits per heavy atom. The van der Waals surface area contributed by atoms with E-state index in [-0.39, 0.29) is 18.5 Å². The number of anilines is 1. The molecule has 0 aliphatic carbocycles. The molecule has 1 heterocycles. The first-order chi connectivity index (χ1) is 11.0. The van der Waals surface area contributed by atoms with Crippen LogP contribution in [-0.4, -0.2) is 35.9 Å². The number of nitrogens with zero attached hydrogens (tertiary/aromatic N) is 2. The van der Waals surface area contributed by atoms with Gasteiger partial charge in [-0.1, -0.05) is 17.7 Å². The Hall–Kier alpha value is -2.89. The van der Waals surface area contributed by atoms with Gasteiger partial charge < -0.3 is 15.5 Å². The van der Waals surface area contributed by atoms with Crippen molar-refractivity contribution in [1.29, 1.82) is 0 Å². The van der Waals surface area contributed by atoms with Crippen LogP contribution in [0.5, 0.6) is 0 Å². The summed E-state index contributed by atoms with van der Waals surface area (Å²) in [5.74, 6) is -0.212. The minimum absolute atomic E-state index is 0.207. The molecular formula is C17H20N4O2. The van der Waals surface area contributed by atoms with E-state index < -0.39 is 0 Å². The summed E-state index contributed by atoms with van der Waals surface area (Å²) in [6, 6.07) is 10.7. The highest BCUT2D eigenvalue weighted by Gasteiger charge is 2.09. The molecule has 1 aromatic heterocycles. The monoisotopic (exact) mass is 312 g/mol. The molecule has 0 atom stereocenters. The normalized spacial score (nSPS) is 10.0. The van der Waals surface area contributed by atoms with E-state index in [1.165, 1.54) is 4.90 Å². The summed E-state index contributed by atoms with van der Waals surface area (Å²) < 4.78 is 0. The molecule has 0 saturated heterocycles. The number of carbonyl (C=O) groups excluding carboxylic acids is 2. The van der Waals surface area contributed by atoms with Gasteiger partial charge in [-0.05, 0) is 31.2 Å². The average Bonchev–Trinajstić information content (AvgIpc) is 2.54. The summed E-state index contributed by atoms with van der Waals surface area (Å²) in [6.45, 7) is 2.26. The van der Waals surface area contributed by atoms with Gasteiger partial charge in [-0.2, -0.15) is 0 Å². The quantitative estimate of drug-likeness (QED) is 0.910. The van der Waals surface area contributed by atoms with Crippen LogP contribution < -0.4 is 10.6 Å². The molecule has 2 aromatic rings. The Morgan fingerprint density at radius 2 is 1.83 bits per heavy atom. The number of hydrogen-bond acceptors (Lipinski definition) is 3. The van der Waals surface area contributed by atoms with Gasteiger partial charge >= 0.3 is 6.03 Å². The smallest absolute Gasteiger partial charge is 0.317 e. The lowest BCUT2D eigenvalue weighted by Crippen LogP contribution is -2.34. The molecule has 23 heavy (non-hydrogen) atoms. The number of pyridine rings is 1. The molecule has 6 nitrogen and oxygen atoms in total. The maximum atomic E-state index is 12.3. The zero-order valence-electron chi connectivity index (χ0n) is 13.5. The Labute approximate surface area is 135 Å². The Balaban J connectivity index is 2.02. The highest BCUT2D eigenvalue weighted by atomic mass is 16.2. The third-order valence-corrected chi connectivity index (χ3v) is 3.22. The SMILES string of the molecule is Cc1ccc(NC(=O)c2ccnc(CNC(=O)N(C)C)c2)cc1. The van der Waals surface area contributed by atoms with Crippen LogP contribution in [0.25, 0.3) is 0 Å². The molecule has 6 heteroatoms. The average molecular weight is 312 g/mol. The van der Waals surface area contributed by atoms with Crippen LogP contribution in [0.3, 0.4) is 0 Å². The lowest BCUT2D eigenvalue weighted by molar-refractivity contribution is 0.102. The molecule has 0 unspecified atom stereocenters. The van der Waals surface area contributed by atoms with Crippen LogP contribution in [0.2, 0.25) is 0 Å². The third-order valence-electron chi connectivity index (χ3n) is 3.22. The summed E-state index contributed by atoms with van der Waals surface area (Å²) in [5.41, 5.74) is 2.98. The van der Waals surface area contributed by atoms with Crippen molar-refractivity contribution < 1.29 is 9.59 Å². The fourth-order valence-corrected chi connectivity index (χ4v) is 1.88. The lowest BCUT2D eigenvalue weighted by Gasteiger charge is -2.12. The van der Waals surface area contributed by atoms with E-state index in [0.717, 1.165) is 11.3 Å². The summed E-state index contributed by atoms with van der Waals surface area (Å²) in [6.07, 6.45) is 1.56. The van der Waals surface area contributed by atoms with Gasteiger partial charge in [-0.15, -0.1) is 0 Å². The topological polar surface area (TPSA) is 74.3 Å². The number of benzene rings is 1. The van der Waals surface area contributed by atoms with Gasteiger partial charge in [-0.3, -0.25) is 9.78 Å². The van der Waals surface area contributed by atoms with E-state index >= 15 is 0 Å². The van der Waals surface area contributed by atoms with Gasteiger partial charge in [0, 0.05) is 31.5 Å². The van der Waals surface area contributed by atoms with Gasteiger partial charge in [0.2, 0.25) is 0 Å². The van der Waals surface area contributed by atoms with Crippen LogP contribution >= 0.6 is 0 Å². The molecule has 0 spiro atoms. The maximum absolute atomic E-state index is 12.3. The summed E-state index contributed by atoms with van der Waals surface area (Å²) >= 11 is 0. The van der Waals surface area contributed by atoms with Crippen LogP contribution in [0.1, 0.15) is 21.6 Å². The minimum Gasteiger partial charge on any atom is -0.332 e. The minimum atomic E-state index is -0.212. The summed E-state index contributed by atoms with van der Waals surface area (Å²) in [7, 11) is 3.32. The second kappa shape index (κ2) is 7.40. The van der Waals surface area contributed by atoms with Gasteiger partial charge in [0.1, 0.15) is 0 Å². The largest absolute Gasteiger partial charge is 0.332 e. The van der Waals surface area contributed by atoms with Crippen LogP contribution in [-0.2, 0) is 6.54 Å². The van der Waals surface area contributed by atoms with Crippen molar-refractivity contribution in [3.63, 3.8) is 0 Å². The number of carbonyl (C=O) groups is 2. The first kappa shape index (κ1) is 16.5. The van der Waals surface area contributed by atoms with Gasteiger partial charge in [0.05, 0.1) is 12.2 Å². The summed E-state index contributed by atoms with van der Waals surface area (Å²) in [4.78, 5) is 29.4. The summed E-state index contributed by atoms with van der Waals surface area (Å²) in [5, 5.41) is 5.55. The molecule has 0 aliphatic heterocycles. The molecule has 0 fully saturated rings. The number of rotatable bonds is 4. The molecule has 2 N–H and O–H groups in total. The number of hydrogen-bond donors (Lipinski definition) is 2. The molecule has 0 saturated carbocycles. The van der Waals surface area contributed by atoms with E-state index in [9.17, 15) is 9.59 Å². The number of nitrogens with one attached hydrogen (secondary N) is 2. The number of aryl methyl sites for hydroxylation is 1. The Morgan fingerprint density at radius 3 is 2.48 bits per heavy atom. The van der Waals surface area contributed by atoms with Crippen LogP contribution in [0, 0.1) is 6.92 Å². The lowest BCUT2D eigenvalue weighted by atomic mass is 10.2. The zero-order valence-corrected chi connectivity index (χ0v) is 13.5. The predicted molar refractivity (Wildman–Crippen MR) is 89.3 cm³/mol. The van der Waals surface area contributed by atoms with Crippen molar-refractivity contribution in [2.24, 2.45) is 0 Å². The molecular weight excluding hydrogens is 292 g/mol. The van der Waals surface area contributed by atoms with Crippen molar-refractivity contribution in [1.82, 2.24) is 15.2 Å². The number of urea groups is 1. The van der Waals surface area contributed by atoms with Crippen molar-refractivity contribution in [2.45, 2.75) is 13.5 Å². The second-order valence-corrected chi connectivity index (χ2v) is 5.41. The van der Waals surface area contributed by atoms with Crippen LogP contribution in [0.15, 0.2) is 42.6 Å². The number of aromatic nitrogens is 1. The number of amides is 3. The standard InChI is InChI=1S/C17H20N4O2/c1-12-4-6-14(7-5-12)20-16(22)13-8-9-18-15(10-13)11-19-17(23)21(2)3/h4-10H,11H2,1-3H3,(H,19,23)(H,20,22). The zero-order chi connectivity index (χ0) is 16.8. The molecule has 1 aromatic carbocycles. The molecule has 0 radical (unpaired) electrons. The van der Waals surface area contributed by atoms with Gasteiger partial charge in [0.15, 0.2) is 0 Å². The van der Waals surface area contributed by atoms with E-state index in [0.29, 0.717) is 11.3 Å². The van der Waals surface area contributed by atoms with Crippen molar-refractivity contribution in [3.8, 4) is 0 Å². The maximum Gasteiger partial charge on any atom is 0.317 e. The first-order valence-corrected chi connectivity index (χ1v) is 7.24. The van der Waals surface area contributed by atoms with Crippen molar-refractivity contribution >= 4 is 17.6 Å². The second-order valence-electron chi connectivity index (χ2n) is 5.41. The van der Waals surface area contributed by atoms with E-state index in [2.05, 4.69) is 15.6 Å². The molecule has 120 valence electrons. The van der Waals surface area contributed by atoms with Crippen molar-refractivity contribution in [3.05, 3.63) is 59.4 Å². The molecule has 0 bridgehead atoms. The Bertz CT molecular complexity index is 696. The predicted octanol–water partition coefficient (Wildman–Crippen LogP) is 2.41. The first-order valence-electron chi connectivity index (χ1n) is 7.24. The highest BCUT2D eigenvalue weighted by molar-refractivity contribution is 6.04. The molecule has 2 rings (SSSR count).